The van der Waals surface area contributed by atoms with Crippen molar-refractivity contribution in [2.45, 2.75) is 13.0 Å². The molecule has 0 heterocycles. The highest BCUT2D eigenvalue weighted by Crippen LogP contribution is 2.33. The van der Waals surface area contributed by atoms with Crippen molar-refractivity contribution >= 4 is 28.9 Å². The van der Waals surface area contributed by atoms with Crippen LogP contribution < -0.4 is 10.5 Å². The summed E-state index contributed by atoms with van der Waals surface area (Å²) >= 11 is 11.9. The van der Waals surface area contributed by atoms with Gasteiger partial charge in [0.15, 0.2) is 0 Å². The van der Waals surface area contributed by atoms with E-state index in [0.717, 1.165) is 5.56 Å². The van der Waals surface area contributed by atoms with E-state index < -0.39 is 4.92 Å². The SMILES string of the molecule is CC(N)c1ccc(Oc2ccc([N+](=O)[O-])c(Cl)c2)cc1Cl. The number of rotatable bonds is 4. The quantitative estimate of drug-likeness (QED) is 0.651. The molecule has 0 spiro atoms. The molecule has 1 atom stereocenters. The third kappa shape index (κ3) is 3.64. The second kappa shape index (κ2) is 6.30. The fourth-order valence-electron chi connectivity index (χ4n) is 1.78. The Bertz CT molecular complexity index is 690. The van der Waals surface area contributed by atoms with Crippen LogP contribution in [0, 0.1) is 10.1 Å². The number of halogens is 2. The van der Waals surface area contributed by atoms with E-state index in [2.05, 4.69) is 0 Å². The highest BCUT2D eigenvalue weighted by Gasteiger charge is 2.13. The van der Waals surface area contributed by atoms with Crippen LogP contribution in [0.25, 0.3) is 0 Å². The largest absolute Gasteiger partial charge is 0.457 e. The molecule has 2 aromatic carbocycles. The van der Waals surface area contributed by atoms with E-state index in [1.54, 1.807) is 18.2 Å². The Balaban J connectivity index is 2.24. The van der Waals surface area contributed by atoms with Crippen molar-refractivity contribution in [3.63, 3.8) is 0 Å². The fraction of sp³-hybridized carbons (Fsp3) is 0.143. The zero-order valence-electron chi connectivity index (χ0n) is 11.0. The lowest BCUT2D eigenvalue weighted by atomic mass is 10.1. The summed E-state index contributed by atoms with van der Waals surface area (Å²) in [5.41, 5.74) is 6.41. The normalized spacial score (nSPS) is 12.0. The van der Waals surface area contributed by atoms with Crippen LogP contribution in [0.2, 0.25) is 10.0 Å². The van der Waals surface area contributed by atoms with E-state index in [0.29, 0.717) is 16.5 Å². The molecule has 1 unspecified atom stereocenters. The number of nitro groups is 1. The van der Waals surface area contributed by atoms with Crippen LogP contribution in [0.15, 0.2) is 36.4 Å². The van der Waals surface area contributed by atoms with Crippen LogP contribution in [-0.2, 0) is 0 Å². The maximum absolute atomic E-state index is 10.7. The highest BCUT2D eigenvalue weighted by molar-refractivity contribution is 6.32. The minimum atomic E-state index is -0.555. The summed E-state index contributed by atoms with van der Waals surface area (Å²) in [6, 6.07) is 9.09. The summed E-state index contributed by atoms with van der Waals surface area (Å²) in [5.74, 6) is 0.879. The van der Waals surface area contributed by atoms with Gasteiger partial charge in [0.1, 0.15) is 16.5 Å². The van der Waals surface area contributed by atoms with Gasteiger partial charge in [-0.05, 0) is 30.7 Å². The molecule has 0 amide bonds. The zero-order valence-corrected chi connectivity index (χ0v) is 12.6. The first kappa shape index (κ1) is 15.6. The number of nitrogens with two attached hydrogens (primary N) is 1. The number of nitro benzene ring substituents is 1. The molecule has 21 heavy (non-hydrogen) atoms. The Hall–Kier alpha value is -1.82. The minimum absolute atomic E-state index is 0.01000. The van der Waals surface area contributed by atoms with Crippen LogP contribution in [0.3, 0.4) is 0 Å². The first-order valence-electron chi connectivity index (χ1n) is 6.05. The van der Waals surface area contributed by atoms with Crippen molar-refractivity contribution in [1.82, 2.24) is 0 Å². The fourth-order valence-corrected chi connectivity index (χ4v) is 2.36. The molecule has 5 nitrogen and oxygen atoms in total. The summed E-state index contributed by atoms with van der Waals surface area (Å²) < 4.78 is 5.58. The van der Waals surface area contributed by atoms with E-state index in [1.165, 1.54) is 18.2 Å². The van der Waals surface area contributed by atoms with Crippen molar-refractivity contribution < 1.29 is 9.66 Å². The van der Waals surface area contributed by atoms with Gasteiger partial charge in [-0.2, -0.15) is 0 Å². The van der Waals surface area contributed by atoms with Crippen molar-refractivity contribution in [3.05, 3.63) is 62.1 Å². The molecule has 0 radical (unpaired) electrons. The molecule has 2 rings (SSSR count). The van der Waals surface area contributed by atoms with Gasteiger partial charge in [0.2, 0.25) is 0 Å². The van der Waals surface area contributed by atoms with Crippen LogP contribution in [0.4, 0.5) is 5.69 Å². The van der Waals surface area contributed by atoms with Gasteiger partial charge in [0, 0.05) is 23.2 Å². The van der Waals surface area contributed by atoms with E-state index in [1.807, 2.05) is 6.92 Å². The minimum Gasteiger partial charge on any atom is -0.457 e. The van der Waals surface area contributed by atoms with Gasteiger partial charge >= 0.3 is 0 Å². The maximum Gasteiger partial charge on any atom is 0.288 e. The molecule has 0 aromatic heterocycles. The number of hydrogen-bond acceptors (Lipinski definition) is 4. The molecule has 2 N–H and O–H groups in total. The molecule has 0 saturated carbocycles. The Labute approximate surface area is 131 Å². The van der Waals surface area contributed by atoms with Gasteiger partial charge in [-0.25, -0.2) is 0 Å². The maximum atomic E-state index is 10.7. The monoisotopic (exact) mass is 326 g/mol. The number of ether oxygens (including phenoxy) is 1. The first-order valence-corrected chi connectivity index (χ1v) is 6.81. The third-order valence-corrected chi connectivity index (χ3v) is 3.44. The van der Waals surface area contributed by atoms with E-state index >= 15 is 0 Å². The molecule has 110 valence electrons. The highest BCUT2D eigenvalue weighted by atomic mass is 35.5. The predicted molar refractivity (Wildman–Crippen MR) is 82.2 cm³/mol. The molecule has 7 heteroatoms. The lowest BCUT2D eigenvalue weighted by Crippen LogP contribution is -2.05. The number of hydrogen-bond donors (Lipinski definition) is 1. The Kier molecular flexibility index (Phi) is 4.67. The van der Waals surface area contributed by atoms with Gasteiger partial charge in [0.25, 0.3) is 5.69 Å². The average Bonchev–Trinajstić information content (AvgIpc) is 2.37. The zero-order chi connectivity index (χ0) is 15.6. The van der Waals surface area contributed by atoms with Crippen LogP contribution in [0.5, 0.6) is 11.5 Å². The molecular formula is C14H12Cl2N2O3. The van der Waals surface area contributed by atoms with Crippen LogP contribution in [0.1, 0.15) is 18.5 Å². The van der Waals surface area contributed by atoms with Crippen molar-refractivity contribution in [2.24, 2.45) is 5.73 Å². The summed E-state index contributed by atoms with van der Waals surface area (Å²) in [7, 11) is 0. The lowest BCUT2D eigenvalue weighted by Gasteiger charge is -2.11. The second-order valence-electron chi connectivity index (χ2n) is 4.44. The van der Waals surface area contributed by atoms with Gasteiger partial charge < -0.3 is 10.5 Å². The Morgan fingerprint density at radius 1 is 1.14 bits per heavy atom. The molecule has 0 bridgehead atoms. The summed E-state index contributed by atoms with van der Waals surface area (Å²) in [6.45, 7) is 1.83. The van der Waals surface area contributed by atoms with Gasteiger partial charge in [0.05, 0.1) is 4.92 Å². The smallest absolute Gasteiger partial charge is 0.288 e. The first-order chi connectivity index (χ1) is 9.88. The molecular weight excluding hydrogens is 315 g/mol. The standard InChI is InChI=1S/C14H12Cl2N2O3/c1-8(17)11-4-2-9(6-12(11)15)21-10-3-5-14(18(19)20)13(16)7-10/h2-8H,17H2,1H3. The average molecular weight is 327 g/mol. The van der Waals surface area contributed by atoms with Crippen molar-refractivity contribution in [1.29, 1.82) is 0 Å². The van der Waals surface area contributed by atoms with Crippen LogP contribution in [-0.4, -0.2) is 4.92 Å². The van der Waals surface area contributed by atoms with Gasteiger partial charge in [-0.15, -0.1) is 0 Å². The molecule has 0 saturated heterocycles. The van der Waals surface area contributed by atoms with Gasteiger partial charge in [-0.1, -0.05) is 29.3 Å². The number of nitrogens with zero attached hydrogens (tertiary/aromatic N) is 1. The summed E-state index contributed by atoms with van der Waals surface area (Å²) in [5, 5.41) is 11.2. The van der Waals surface area contributed by atoms with E-state index in [-0.39, 0.29) is 16.8 Å². The lowest BCUT2D eigenvalue weighted by molar-refractivity contribution is -0.384. The second-order valence-corrected chi connectivity index (χ2v) is 5.26. The summed E-state index contributed by atoms with van der Waals surface area (Å²) in [6.07, 6.45) is 0. The Morgan fingerprint density at radius 3 is 2.19 bits per heavy atom. The predicted octanol–water partition coefficient (Wildman–Crippen LogP) is 4.71. The molecule has 0 fully saturated rings. The molecule has 0 aliphatic carbocycles. The van der Waals surface area contributed by atoms with Crippen LogP contribution >= 0.6 is 23.2 Å². The van der Waals surface area contributed by atoms with Gasteiger partial charge in [-0.3, -0.25) is 10.1 Å². The molecule has 2 aromatic rings. The van der Waals surface area contributed by atoms with E-state index in [4.69, 9.17) is 33.7 Å². The van der Waals surface area contributed by atoms with Crippen molar-refractivity contribution in [2.75, 3.05) is 0 Å². The van der Waals surface area contributed by atoms with Crippen molar-refractivity contribution in [3.8, 4) is 11.5 Å². The summed E-state index contributed by atoms with van der Waals surface area (Å²) in [4.78, 5) is 10.1. The molecule has 0 aliphatic rings. The topological polar surface area (TPSA) is 78.4 Å². The number of benzene rings is 2. The van der Waals surface area contributed by atoms with E-state index in [9.17, 15) is 10.1 Å². The Morgan fingerprint density at radius 2 is 1.71 bits per heavy atom. The third-order valence-electron chi connectivity index (χ3n) is 2.81. The molecule has 0 aliphatic heterocycles.